The van der Waals surface area contributed by atoms with Crippen molar-refractivity contribution < 1.29 is 9.18 Å². The lowest BCUT2D eigenvalue weighted by Gasteiger charge is -2.06. The Kier molecular flexibility index (Phi) is 4.26. The molecule has 0 fully saturated rings. The van der Waals surface area contributed by atoms with Gasteiger partial charge in [0, 0.05) is 12.2 Å². The molecule has 0 aliphatic heterocycles. The average molecular weight is 258 g/mol. The molecule has 0 unspecified atom stereocenters. The van der Waals surface area contributed by atoms with Gasteiger partial charge in [-0.2, -0.15) is 0 Å². The second-order valence-electron chi connectivity index (χ2n) is 4.26. The van der Waals surface area contributed by atoms with Gasteiger partial charge in [0.05, 0.1) is 6.42 Å². The van der Waals surface area contributed by atoms with E-state index in [0.29, 0.717) is 6.54 Å². The molecular weight excluding hydrogens is 243 g/mol. The molecule has 0 atom stereocenters. The van der Waals surface area contributed by atoms with Gasteiger partial charge < -0.3 is 11.1 Å². The highest BCUT2D eigenvalue weighted by molar-refractivity contribution is 5.92. The van der Waals surface area contributed by atoms with Crippen LogP contribution in [0.4, 0.5) is 10.1 Å². The van der Waals surface area contributed by atoms with Crippen molar-refractivity contribution in [3.05, 3.63) is 65.5 Å². The normalized spacial score (nSPS) is 10.2. The molecule has 0 aromatic heterocycles. The van der Waals surface area contributed by atoms with Gasteiger partial charge in [0.15, 0.2) is 0 Å². The Bertz CT molecular complexity index is 567. The zero-order valence-corrected chi connectivity index (χ0v) is 10.4. The summed E-state index contributed by atoms with van der Waals surface area (Å²) in [5, 5.41) is 2.79. The molecule has 4 heteroatoms. The van der Waals surface area contributed by atoms with Crippen molar-refractivity contribution in [1.29, 1.82) is 0 Å². The minimum atomic E-state index is -0.306. The Hall–Kier alpha value is -2.20. The van der Waals surface area contributed by atoms with Crippen LogP contribution in [0.1, 0.15) is 11.1 Å². The number of hydrogen-bond donors (Lipinski definition) is 2. The van der Waals surface area contributed by atoms with Gasteiger partial charge in [0.2, 0.25) is 5.91 Å². The van der Waals surface area contributed by atoms with E-state index in [9.17, 15) is 9.18 Å². The molecule has 0 aliphatic rings. The van der Waals surface area contributed by atoms with E-state index in [-0.39, 0.29) is 18.1 Å². The minimum absolute atomic E-state index is 0.138. The van der Waals surface area contributed by atoms with E-state index in [1.54, 1.807) is 12.1 Å². The largest absolute Gasteiger partial charge is 0.326 e. The molecule has 3 N–H and O–H groups in total. The molecular formula is C15H15FN2O. The monoisotopic (exact) mass is 258 g/mol. The van der Waals surface area contributed by atoms with Crippen LogP contribution in [0.3, 0.4) is 0 Å². The smallest absolute Gasteiger partial charge is 0.228 e. The van der Waals surface area contributed by atoms with Crippen LogP contribution < -0.4 is 11.1 Å². The average Bonchev–Trinajstić information content (AvgIpc) is 2.41. The van der Waals surface area contributed by atoms with Crippen LogP contribution in [0.15, 0.2) is 48.5 Å². The highest BCUT2D eigenvalue weighted by Crippen LogP contribution is 2.11. The number of anilines is 1. The van der Waals surface area contributed by atoms with Crippen molar-refractivity contribution >= 4 is 11.6 Å². The number of carbonyl (C=O) groups excluding carboxylic acids is 1. The molecule has 0 saturated carbocycles. The first-order valence-corrected chi connectivity index (χ1v) is 6.00. The molecule has 2 aromatic carbocycles. The number of amides is 1. The third-order valence-corrected chi connectivity index (χ3v) is 2.72. The van der Waals surface area contributed by atoms with Crippen LogP contribution in [-0.2, 0) is 17.8 Å². The van der Waals surface area contributed by atoms with Gasteiger partial charge in [0.1, 0.15) is 5.82 Å². The van der Waals surface area contributed by atoms with Gasteiger partial charge in [-0.25, -0.2) is 4.39 Å². The van der Waals surface area contributed by atoms with Gasteiger partial charge in [-0.05, 0) is 35.4 Å². The molecule has 2 rings (SSSR count). The zero-order chi connectivity index (χ0) is 13.7. The first-order chi connectivity index (χ1) is 9.17. The fourth-order valence-corrected chi connectivity index (χ4v) is 1.77. The van der Waals surface area contributed by atoms with E-state index >= 15 is 0 Å². The van der Waals surface area contributed by atoms with E-state index < -0.39 is 0 Å². The van der Waals surface area contributed by atoms with Crippen molar-refractivity contribution in [3.8, 4) is 0 Å². The number of benzene rings is 2. The third-order valence-electron chi connectivity index (χ3n) is 2.72. The predicted octanol–water partition coefficient (Wildman–Crippen LogP) is 2.47. The van der Waals surface area contributed by atoms with Crippen LogP contribution in [0, 0.1) is 5.82 Å². The van der Waals surface area contributed by atoms with Crippen LogP contribution in [0.5, 0.6) is 0 Å². The molecule has 0 bridgehead atoms. The Morgan fingerprint density at radius 2 is 1.84 bits per heavy atom. The fraction of sp³-hybridized carbons (Fsp3) is 0.133. The lowest BCUT2D eigenvalue weighted by molar-refractivity contribution is -0.115. The predicted molar refractivity (Wildman–Crippen MR) is 73.1 cm³/mol. The second kappa shape index (κ2) is 6.11. The van der Waals surface area contributed by atoms with Gasteiger partial charge >= 0.3 is 0 Å². The molecule has 0 heterocycles. The summed E-state index contributed by atoms with van der Waals surface area (Å²) < 4.78 is 12.7. The Labute approximate surface area is 111 Å². The van der Waals surface area contributed by atoms with Gasteiger partial charge in [-0.15, -0.1) is 0 Å². The van der Waals surface area contributed by atoms with Crippen molar-refractivity contribution in [1.82, 2.24) is 0 Å². The summed E-state index contributed by atoms with van der Waals surface area (Å²) >= 11 is 0. The Balaban J connectivity index is 1.99. The summed E-state index contributed by atoms with van der Waals surface area (Å²) in [7, 11) is 0. The molecule has 19 heavy (non-hydrogen) atoms. The summed E-state index contributed by atoms with van der Waals surface area (Å²) in [6.07, 6.45) is 0.215. The lowest BCUT2D eigenvalue weighted by Crippen LogP contribution is -2.14. The van der Waals surface area contributed by atoms with Crippen molar-refractivity contribution in [3.63, 3.8) is 0 Å². The van der Waals surface area contributed by atoms with Crippen LogP contribution >= 0.6 is 0 Å². The Morgan fingerprint density at radius 1 is 1.11 bits per heavy atom. The zero-order valence-electron chi connectivity index (χ0n) is 10.4. The second-order valence-corrected chi connectivity index (χ2v) is 4.26. The van der Waals surface area contributed by atoms with E-state index in [2.05, 4.69) is 5.32 Å². The van der Waals surface area contributed by atoms with E-state index in [4.69, 9.17) is 5.73 Å². The number of halogens is 1. The molecule has 2 aromatic rings. The van der Waals surface area contributed by atoms with Crippen molar-refractivity contribution in [2.24, 2.45) is 5.73 Å². The maximum absolute atomic E-state index is 12.7. The topological polar surface area (TPSA) is 55.1 Å². The third kappa shape index (κ3) is 3.89. The molecule has 3 nitrogen and oxygen atoms in total. The van der Waals surface area contributed by atoms with Gasteiger partial charge in [-0.3, -0.25) is 4.79 Å². The number of nitrogens with one attached hydrogen (secondary N) is 1. The fourth-order valence-electron chi connectivity index (χ4n) is 1.77. The summed E-state index contributed by atoms with van der Waals surface area (Å²) in [6.45, 7) is 0.432. The Morgan fingerprint density at radius 3 is 2.53 bits per heavy atom. The van der Waals surface area contributed by atoms with Crippen LogP contribution in [-0.4, -0.2) is 5.91 Å². The van der Waals surface area contributed by atoms with Crippen LogP contribution in [0.2, 0.25) is 0 Å². The molecule has 0 radical (unpaired) electrons. The standard InChI is InChI=1S/C15H15FN2O/c16-13-6-4-11(5-7-13)9-15(19)18-14-3-1-2-12(8-14)10-17/h1-8H,9-10,17H2,(H,18,19). The molecule has 0 saturated heterocycles. The molecule has 0 spiro atoms. The minimum Gasteiger partial charge on any atom is -0.326 e. The number of nitrogens with two attached hydrogens (primary N) is 1. The van der Waals surface area contributed by atoms with E-state index in [0.717, 1.165) is 16.8 Å². The van der Waals surface area contributed by atoms with E-state index in [1.807, 2.05) is 24.3 Å². The van der Waals surface area contributed by atoms with Crippen molar-refractivity contribution in [2.45, 2.75) is 13.0 Å². The summed E-state index contributed by atoms with van der Waals surface area (Å²) in [4.78, 5) is 11.8. The van der Waals surface area contributed by atoms with Gasteiger partial charge in [-0.1, -0.05) is 24.3 Å². The number of hydrogen-bond acceptors (Lipinski definition) is 2. The summed E-state index contributed by atoms with van der Waals surface area (Å²) in [6, 6.07) is 13.3. The van der Waals surface area contributed by atoms with Crippen molar-refractivity contribution in [2.75, 3.05) is 5.32 Å². The summed E-state index contributed by atoms with van der Waals surface area (Å²) in [5.41, 5.74) is 7.99. The SMILES string of the molecule is NCc1cccc(NC(=O)Cc2ccc(F)cc2)c1. The maximum Gasteiger partial charge on any atom is 0.228 e. The number of rotatable bonds is 4. The van der Waals surface area contributed by atoms with Crippen LogP contribution in [0.25, 0.3) is 0 Å². The molecule has 98 valence electrons. The first-order valence-electron chi connectivity index (χ1n) is 6.00. The molecule has 0 aliphatic carbocycles. The highest BCUT2D eigenvalue weighted by atomic mass is 19.1. The molecule has 1 amide bonds. The highest BCUT2D eigenvalue weighted by Gasteiger charge is 2.04. The lowest BCUT2D eigenvalue weighted by atomic mass is 10.1. The summed E-state index contributed by atoms with van der Waals surface area (Å²) in [5.74, 6) is -0.444. The first kappa shape index (κ1) is 13.2. The van der Waals surface area contributed by atoms with Gasteiger partial charge in [0.25, 0.3) is 0 Å². The quantitative estimate of drug-likeness (QED) is 0.885. The van der Waals surface area contributed by atoms with E-state index in [1.165, 1.54) is 12.1 Å². The number of carbonyl (C=O) groups is 1. The maximum atomic E-state index is 12.7.